The summed E-state index contributed by atoms with van der Waals surface area (Å²) in [4.78, 5) is 30.8. The summed E-state index contributed by atoms with van der Waals surface area (Å²) < 4.78 is 5.43. The number of ether oxygens (including phenoxy) is 1. The highest BCUT2D eigenvalue weighted by Crippen LogP contribution is 2.49. The molecule has 2 aliphatic rings. The lowest BCUT2D eigenvalue weighted by Gasteiger charge is -2.41. The molecular formula is C22H25Cl2NO3. The summed E-state index contributed by atoms with van der Waals surface area (Å²) in [6.07, 6.45) is 1.85. The van der Waals surface area contributed by atoms with Gasteiger partial charge in [0, 0.05) is 23.7 Å². The zero-order valence-electron chi connectivity index (χ0n) is 16.6. The highest BCUT2D eigenvalue weighted by molar-refractivity contribution is 6.42. The molecule has 0 spiro atoms. The molecule has 0 aromatic heterocycles. The molecule has 0 unspecified atom stereocenters. The first-order valence-electron chi connectivity index (χ1n) is 9.58. The summed E-state index contributed by atoms with van der Waals surface area (Å²) in [5.74, 6) is -1.42. The van der Waals surface area contributed by atoms with Crippen molar-refractivity contribution in [3.8, 4) is 0 Å². The van der Waals surface area contributed by atoms with Gasteiger partial charge < -0.3 is 4.74 Å². The maximum absolute atomic E-state index is 13.2. The van der Waals surface area contributed by atoms with E-state index < -0.39 is 17.8 Å². The standard InChI is InChI=1S/C22H25Cl2NO3/c1-5-9-28-21(27)17-12(2)25-15-10-22(3,4)11-16(26)19(15)18(17)13-7-6-8-14(23)20(13)24/h6-8,18-19H,5,9-11H2,1-4H3/t18-,19-/m0/s1. The van der Waals surface area contributed by atoms with Gasteiger partial charge in [0.2, 0.25) is 0 Å². The van der Waals surface area contributed by atoms with E-state index in [1.54, 1.807) is 19.1 Å². The van der Waals surface area contributed by atoms with Gasteiger partial charge in [0.05, 0.1) is 28.1 Å². The first-order valence-corrected chi connectivity index (χ1v) is 10.3. The minimum atomic E-state index is -0.536. The number of carbonyl (C=O) groups is 2. The van der Waals surface area contributed by atoms with Gasteiger partial charge in [-0.05, 0) is 36.8 Å². The van der Waals surface area contributed by atoms with Crippen LogP contribution in [0.15, 0.2) is 34.5 Å². The Morgan fingerprint density at radius 1 is 1.25 bits per heavy atom. The fourth-order valence-electron chi connectivity index (χ4n) is 4.23. The number of allylic oxidation sites excluding steroid dienone is 1. The SMILES string of the molecule is CCCOC(=O)C1=C(C)N=C2CC(C)(C)CC(=O)[C@H]2[C@H]1c1cccc(Cl)c1Cl. The molecule has 1 heterocycles. The van der Waals surface area contributed by atoms with Crippen LogP contribution in [0.2, 0.25) is 10.0 Å². The molecule has 0 saturated heterocycles. The van der Waals surface area contributed by atoms with E-state index in [4.69, 9.17) is 27.9 Å². The first-order chi connectivity index (χ1) is 13.2. The Hall–Kier alpha value is -1.65. The van der Waals surface area contributed by atoms with Crippen molar-refractivity contribution in [2.75, 3.05) is 6.61 Å². The number of nitrogens with zero attached hydrogens (tertiary/aromatic N) is 1. The third-order valence-electron chi connectivity index (χ3n) is 5.34. The van der Waals surface area contributed by atoms with E-state index in [0.29, 0.717) is 52.7 Å². The highest BCUT2D eigenvalue weighted by Gasteiger charge is 2.48. The number of hydrogen-bond donors (Lipinski definition) is 0. The van der Waals surface area contributed by atoms with Crippen molar-refractivity contribution in [3.63, 3.8) is 0 Å². The second kappa shape index (κ2) is 8.00. The summed E-state index contributed by atoms with van der Waals surface area (Å²) in [6.45, 7) is 8.17. The van der Waals surface area contributed by atoms with Crippen LogP contribution in [-0.2, 0) is 14.3 Å². The summed E-state index contributed by atoms with van der Waals surface area (Å²) in [5.41, 5.74) is 2.31. The molecule has 150 valence electrons. The largest absolute Gasteiger partial charge is 0.462 e. The van der Waals surface area contributed by atoms with Crippen LogP contribution in [-0.4, -0.2) is 24.1 Å². The number of Topliss-reactive ketones (excluding diaryl/α,β-unsaturated/α-hetero) is 1. The van der Waals surface area contributed by atoms with E-state index in [0.717, 1.165) is 5.71 Å². The zero-order valence-corrected chi connectivity index (χ0v) is 18.2. The van der Waals surface area contributed by atoms with Gasteiger partial charge in [-0.15, -0.1) is 0 Å². The molecule has 4 nitrogen and oxygen atoms in total. The average Bonchev–Trinajstić information content (AvgIpc) is 2.59. The topological polar surface area (TPSA) is 55.7 Å². The van der Waals surface area contributed by atoms with Gasteiger partial charge in [0.1, 0.15) is 5.78 Å². The van der Waals surface area contributed by atoms with Crippen LogP contribution in [0.5, 0.6) is 0 Å². The molecule has 1 saturated carbocycles. The number of carbonyl (C=O) groups excluding carboxylic acids is 2. The Morgan fingerprint density at radius 2 is 1.96 bits per heavy atom. The molecule has 1 aromatic rings. The fourth-order valence-corrected chi connectivity index (χ4v) is 4.65. The molecule has 3 rings (SSSR count). The summed E-state index contributed by atoms with van der Waals surface area (Å²) in [5, 5.41) is 0.757. The second-order valence-corrected chi connectivity index (χ2v) is 9.11. The molecule has 2 atom stereocenters. The van der Waals surface area contributed by atoms with E-state index in [9.17, 15) is 9.59 Å². The molecule has 6 heteroatoms. The van der Waals surface area contributed by atoms with Crippen LogP contribution in [0.3, 0.4) is 0 Å². The van der Waals surface area contributed by atoms with Crippen LogP contribution in [0, 0.1) is 11.3 Å². The first kappa shape index (κ1) is 21.1. The van der Waals surface area contributed by atoms with Crippen molar-refractivity contribution in [2.45, 2.75) is 52.9 Å². The lowest BCUT2D eigenvalue weighted by Crippen LogP contribution is -2.44. The van der Waals surface area contributed by atoms with E-state index in [-0.39, 0.29) is 11.2 Å². The van der Waals surface area contributed by atoms with E-state index in [1.807, 2.05) is 13.0 Å². The predicted octanol–water partition coefficient (Wildman–Crippen LogP) is 5.76. The lowest BCUT2D eigenvalue weighted by atomic mass is 9.63. The number of fused-ring (bicyclic) bond motifs is 1. The van der Waals surface area contributed by atoms with Crippen LogP contribution in [0.25, 0.3) is 0 Å². The minimum absolute atomic E-state index is 0.0735. The van der Waals surface area contributed by atoms with Crippen molar-refractivity contribution in [1.29, 1.82) is 0 Å². The van der Waals surface area contributed by atoms with Crippen LogP contribution >= 0.6 is 23.2 Å². The Kier molecular flexibility index (Phi) is 6.02. The fraction of sp³-hybridized carbons (Fsp3) is 0.500. The van der Waals surface area contributed by atoms with E-state index in [2.05, 4.69) is 18.8 Å². The highest BCUT2D eigenvalue weighted by atomic mass is 35.5. The van der Waals surface area contributed by atoms with Crippen LogP contribution in [0.1, 0.15) is 58.4 Å². The third kappa shape index (κ3) is 3.90. The van der Waals surface area contributed by atoms with Gasteiger partial charge in [-0.3, -0.25) is 9.79 Å². The van der Waals surface area contributed by atoms with Crippen molar-refractivity contribution in [3.05, 3.63) is 45.1 Å². The molecule has 1 fully saturated rings. The Balaban J connectivity index is 2.19. The Bertz CT molecular complexity index is 886. The quantitative estimate of drug-likeness (QED) is 0.580. The van der Waals surface area contributed by atoms with Crippen LogP contribution in [0.4, 0.5) is 0 Å². The summed E-state index contributed by atoms with van der Waals surface area (Å²) >= 11 is 12.8. The van der Waals surface area contributed by atoms with Gasteiger partial charge in [0.25, 0.3) is 0 Å². The van der Waals surface area contributed by atoms with Gasteiger partial charge >= 0.3 is 5.97 Å². The second-order valence-electron chi connectivity index (χ2n) is 8.32. The van der Waals surface area contributed by atoms with E-state index in [1.165, 1.54) is 0 Å². The van der Waals surface area contributed by atoms with Crippen molar-refractivity contribution in [2.24, 2.45) is 16.3 Å². The Labute approximate surface area is 176 Å². The molecule has 1 aliphatic heterocycles. The number of halogens is 2. The van der Waals surface area contributed by atoms with Crippen molar-refractivity contribution in [1.82, 2.24) is 0 Å². The maximum Gasteiger partial charge on any atom is 0.336 e. The monoisotopic (exact) mass is 421 g/mol. The van der Waals surface area contributed by atoms with Crippen LogP contribution < -0.4 is 0 Å². The smallest absolute Gasteiger partial charge is 0.336 e. The number of benzene rings is 1. The van der Waals surface area contributed by atoms with E-state index >= 15 is 0 Å². The third-order valence-corrected chi connectivity index (χ3v) is 6.17. The molecule has 1 aromatic carbocycles. The molecule has 0 radical (unpaired) electrons. The molecule has 0 bridgehead atoms. The van der Waals surface area contributed by atoms with Crippen molar-refractivity contribution >= 4 is 40.7 Å². The zero-order chi connectivity index (χ0) is 20.6. The molecule has 0 N–H and O–H groups in total. The minimum Gasteiger partial charge on any atom is -0.462 e. The normalized spacial score (nSPS) is 23.9. The van der Waals surface area contributed by atoms with Gasteiger partial charge in [0.15, 0.2) is 0 Å². The van der Waals surface area contributed by atoms with Crippen molar-refractivity contribution < 1.29 is 14.3 Å². The maximum atomic E-state index is 13.2. The van der Waals surface area contributed by atoms with Gasteiger partial charge in [-0.1, -0.05) is 56.1 Å². The molecular weight excluding hydrogens is 397 g/mol. The number of hydrogen-bond acceptors (Lipinski definition) is 4. The lowest BCUT2D eigenvalue weighted by molar-refractivity contribution is -0.139. The number of rotatable bonds is 4. The number of esters is 1. The predicted molar refractivity (Wildman–Crippen MR) is 112 cm³/mol. The van der Waals surface area contributed by atoms with Gasteiger partial charge in [-0.25, -0.2) is 4.79 Å². The average molecular weight is 422 g/mol. The number of aliphatic imine (C=N–C) groups is 1. The molecule has 1 aliphatic carbocycles. The summed E-state index contributed by atoms with van der Waals surface area (Å²) in [7, 11) is 0. The Morgan fingerprint density at radius 3 is 2.64 bits per heavy atom. The molecule has 28 heavy (non-hydrogen) atoms. The number of ketones is 1. The summed E-state index contributed by atoms with van der Waals surface area (Å²) in [6, 6.07) is 5.31. The molecule has 0 amide bonds. The van der Waals surface area contributed by atoms with Gasteiger partial charge in [-0.2, -0.15) is 0 Å².